The molecule has 42 heavy (non-hydrogen) atoms. The van der Waals surface area contributed by atoms with Crippen molar-refractivity contribution < 1.29 is 27.9 Å². The molecule has 7 nitrogen and oxygen atoms in total. The maximum absolute atomic E-state index is 15.1. The first kappa shape index (κ1) is 27.0. The van der Waals surface area contributed by atoms with Crippen LogP contribution >= 0.6 is 11.3 Å². The summed E-state index contributed by atoms with van der Waals surface area (Å²) in [6.07, 6.45) is 0. The molecule has 1 aliphatic heterocycles. The van der Waals surface area contributed by atoms with Gasteiger partial charge in [0.15, 0.2) is 4.88 Å². The Morgan fingerprint density at radius 2 is 1.50 bits per heavy atom. The predicted octanol–water partition coefficient (Wildman–Crippen LogP) is 6.61. The Kier molecular flexibility index (Phi) is 7.28. The van der Waals surface area contributed by atoms with Crippen molar-refractivity contribution in [2.75, 3.05) is 0 Å². The number of carbonyl (C=O) groups is 3. The molecule has 2 heterocycles. The Bertz CT molecular complexity index is 1790. The van der Waals surface area contributed by atoms with Crippen LogP contribution in [0.15, 0.2) is 96.5 Å². The quantitative estimate of drug-likeness (QED) is 0.209. The molecule has 208 valence electrons. The van der Waals surface area contributed by atoms with Crippen LogP contribution in [0.25, 0.3) is 11.1 Å². The van der Waals surface area contributed by atoms with Crippen LogP contribution in [0.5, 0.6) is 11.6 Å². The maximum atomic E-state index is 15.1. The van der Waals surface area contributed by atoms with Crippen LogP contribution in [0.2, 0.25) is 0 Å². The lowest BCUT2D eigenvalue weighted by Crippen LogP contribution is -2.29. The lowest BCUT2D eigenvalue weighted by molar-refractivity contribution is 0.0641. The lowest BCUT2D eigenvalue weighted by atomic mass is 10.0. The molecule has 1 aliphatic rings. The second-order valence-electron chi connectivity index (χ2n) is 9.48. The highest BCUT2D eigenvalue weighted by molar-refractivity contribution is 7.12. The molecule has 4 aromatic carbocycles. The number of imide groups is 1. The first-order valence-corrected chi connectivity index (χ1v) is 13.7. The largest absolute Gasteiger partial charge is 0.437 e. The molecule has 1 aromatic heterocycles. The molecule has 0 saturated carbocycles. The predicted molar refractivity (Wildman–Crippen MR) is 152 cm³/mol. The molecule has 0 aliphatic carbocycles. The molecular weight excluding hydrogens is 560 g/mol. The number of halogens is 2. The SMILES string of the molecule is O=C(NCc1ccc(-c2ccc(CN3C(=O)c4ccccc4C3=O)cc2F)cc1)c1scnc1Oc1ccc(F)cc1. The number of benzene rings is 4. The van der Waals surface area contributed by atoms with E-state index in [0.717, 1.165) is 21.8 Å². The van der Waals surface area contributed by atoms with Gasteiger partial charge in [-0.05, 0) is 59.2 Å². The molecule has 5 aromatic rings. The Morgan fingerprint density at radius 1 is 0.833 bits per heavy atom. The fourth-order valence-electron chi connectivity index (χ4n) is 4.59. The summed E-state index contributed by atoms with van der Waals surface area (Å²) < 4.78 is 33.9. The molecule has 0 unspecified atom stereocenters. The summed E-state index contributed by atoms with van der Waals surface area (Å²) in [6.45, 7) is 0.188. The number of carbonyl (C=O) groups excluding carboxylic acids is 3. The monoisotopic (exact) mass is 581 g/mol. The van der Waals surface area contributed by atoms with Crippen molar-refractivity contribution in [2.24, 2.45) is 0 Å². The minimum absolute atomic E-state index is 0.0292. The molecule has 0 atom stereocenters. The smallest absolute Gasteiger partial charge is 0.267 e. The van der Waals surface area contributed by atoms with Gasteiger partial charge in [0.25, 0.3) is 17.7 Å². The fourth-order valence-corrected chi connectivity index (χ4v) is 5.22. The fraction of sp³-hybridized carbons (Fsp3) is 0.0625. The Balaban J connectivity index is 1.08. The molecule has 0 radical (unpaired) electrons. The maximum Gasteiger partial charge on any atom is 0.267 e. The third-order valence-corrected chi connectivity index (χ3v) is 7.55. The number of ether oxygens (including phenoxy) is 1. The molecule has 0 spiro atoms. The lowest BCUT2D eigenvalue weighted by Gasteiger charge is -2.15. The summed E-state index contributed by atoms with van der Waals surface area (Å²) in [7, 11) is 0. The van der Waals surface area contributed by atoms with Crippen molar-refractivity contribution >= 4 is 29.1 Å². The van der Waals surface area contributed by atoms with Gasteiger partial charge in [-0.3, -0.25) is 19.3 Å². The second kappa shape index (κ2) is 11.3. The number of nitrogens with one attached hydrogen (secondary N) is 1. The summed E-state index contributed by atoms with van der Waals surface area (Å²) in [5.41, 5.74) is 4.47. The van der Waals surface area contributed by atoms with Crippen molar-refractivity contribution in [1.82, 2.24) is 15.2 Å². The van der Waals surface area contributed by atoms with E-state index >= 15 is 4.39 Å². The van der Waals surface area contributed by atoms with Crippen LogP contribution in [0.3, 0.4) is 0 Å². The average Bonchev–Trinajstić information content (AvgIpc) is 3.56. The number of nitrogens with zero attached hydrogens (tertiary/aromatic N) is 2. The van der Waals surface area contributed by atoms with Crippen molar-refractivity contribution in [2.45, 2.75) is 13.1 Å². The molecular formula is C32H21F2N3O4S. The Morgan fingerprint density at radius 3 is 2.17 bits per heavy atom. The molecule has 0 bridgehead atoms. The van der Waals surface area contributed by atoms with Gasteiger partial charge < -0.3 is 10.1 Å². The zero-order valence-electron chi connectivity index (χ0n) is 21.8. The highest BCUT2D eigenvalue weighted by atomic mass is 32.1. The van der Waals surface area contributed by atoms with Crippen LogP contribution in [-0.4, -0.2) is 27.6 Å². The highest BCUT2D eigenvalue weighted by Crippen LogP contribution is 2.29. The van der Waals surface area contributed by atoms with Gasteiger partial charge in [-0.1, -0.05) is 48.5 Å². The van der Waals surface area contributed by atoms with E-state index in [1.807, 2.05) is 0 Å². The molecule has 0 saturated heterocycles. The van der Waals surface area contributed by atoms with E-state index < -0.39 is 23.4 Å². The number of aromatic nitrogens is 1. The van der Waals surface area contributed by atoms with Crippen LogP contribution < -0.4 is 10.1 Å². The summed E-state index contributed by atoms with van der Waals surface area (Å²) in [6, 6.07) is 23.7. The molecule has 3 amide bonds. The number of thiazole rings is 1. The minimum Gasteiger partial charge on any atom is -0.437 e. The summed E-state index contributed by atoms with van der Waals surface area (Å²) in [5, 5.41) is 2.82. The third-order valence-electron chi connectivity index (χ3n) is 6.74. The van der Waals surface area contributed by atoms with Crippen LogP contribution in [0, 0.1) is 11.6 Å². The molecule has 10 heteroatoms. The van der Waals surface area contributed by atoms with Gasteiger partial charge in [0.2, 0.25) is 5.88 Å². The van der Waals surface area contributed by atoms with Crippen LogP contribution in [0.1, 0.15) is 41.5 Å². The summed E-state index contributed by atoms with van der Waals surface area (Å²) in [4.78, 5) is 43.5. The number of hydrogen-bond donors (Lipinski definition) is 1. The number of rotatable bonds is 8. The van der Waals surface area contributed by atoms with Crippen LogP contribution in [0.4, 0.5) is 8.78 Å². The van der Waals surface area contributed by atoms with Crippen molar-refractivity contribution in [3.63, 3.8) is 0 Å². The highest BCUT2D eigenvalue weighted by Gasteiger charge is 2.35. The second-order valence-corrected chi connectivity index (χ2v) is 10.3. The number of amides is 3. The minimum atomic E-state index is -0.482. The van der Waals surface area contributed by atoms with Crippen molar-refractivity contribution in [3.05, 3.63) is 135 Å². The standard InChI is InChI=1S/C32H21F2N3O4S/c33-22-10-12-23(13-11-22)41-30-28(42-18-36-30)29(38)35-16-19-5-8-21(9-6-19)24-14-7-20(15-27(24)34)17-37-31(39)25-3-1-2-4-26(25)32(37)40/h1-15,18H,16-17H2,(H,35,38). The van der Waals surface area contributed by atoms with E-state index in [1.165, 1.54) is 35.8 Å². The van der Waals surface area contributed by atoms with E-state index in [2.05, 4.69) is 10.3 Å². The van der Waals surface area contributed by atoms with E-state index in [9.17, 15) is 18.8 Å². The topological polar surface area (TPSA) is 88.6 Å². The molecule has 0 fully saturated rings. The first-order chi connectivity index (χ1) is 20.4. The van der Waals surface area contributed by atoms with E-state index in [-0.39, 0.29) is 29.8 Å². The number of fused-ring (bicyclic) bond motifs is 1. The van der Waals surface area contributed by atoms with Gasteiger partial charge in [-0.15, -0.1) is 11.3 Å². The molecule has 1 N–H and O–H groups in total. The van der Waals surface area contributed by atoms with Gasteiger partial charge in [0.1, 0.15) is 17.4 Å². The zero-order valence-corrected chi connectivity index (χ0v) is 22.7. The zero-order chi connectivity index (χ0) is 29.2. The Labute approximate surface area is 243 Å². The summed E-state index contributed by atoms with van der Waals surface area (Å²) >= 11 is 1.12. The van der Waals surface area contributed by atoms with Gasteiger partial charge in [0.05, 0.1) is 23.2 Å². The van der Waals surface area contributed by atoms with Crippen LogP contribution in [-0.2, 0) is 13.1 Å². The average molecular weight is 582 g/mol. The van der Waals surface area contributed by atoms with Crippen molar-refractivity contribution in [3.8, 4) is 22.8 Å². The van der Waals surface area contributed by atoms with Gasteiger partial charge in [0, 0.05) is 12.1 Å². The first-order valence-electron chi connectivity index (χ1n) is 12.9. The molecule has 6 rings (SSSR count). The van der Waals surface area contributed by atoms with Gasteiger partial charge >= 0.3 is 0 Å². The van der Waals surface area contributed by atoms with Crippen molar-refractivity contribution in [1.29, 1.82) is 0 Å². The van der Waals surface area contributed by atoms with E-state index in [1.54, 1.807) is 60.7 Å². The third kappa shape index (κ3) is 5.39. The van der Waals surface area contributed by atoms with E-state index in [0.29, 0.717) is 33.6 Å². The van der Waals surface area contributed by atoms with Gasteiger partial charge in [-0.25, -0.2) is 13.8 Å². The van der Waals surface area contributed by atoms with Gasteiger partial charge in [-0.2, -0.15) is 0 Å². The number of hydrogen-bond acceptors (Lipinski definition) is 6. The Hall–Kier alpha value is -5.22. The normalized spacial score (nSPS) is 12.4. The summed E-state index contributed by atoms with van der Waals surface area (Å²) in [5.74, 6) is -1.56. The van der Waals surface area contributed by atoms with E-state index in [4.69, 9.17) is 4.74 Å².